The summed E-state index contributed by atoms with van der Waals surface area (Å²) in [7, 11) is 0. The average Bonchev–Trinajstić information content (AvgIpc) is 2.66. The molecule has 1 amide bonds. The van der Waals surface area contributed by atoms with Crippen LogP contribution < -0.4 is 5.32 Å². The lowest BCUT2D eigenvalue weighted by Gasteiger charge is -2.23. The summed E-state index contributed by atoms with van der Waals surface area (Å²) in [5.41, 5.74) is 0.155. The Bertz CT molecular complexity index is 808. The van der Waals surface area contributed by atoms with Gasteiger partial charge in [0.15, 0.2) is 0 Å². The fraction of sp³-hybridized carbons (Fsp3) is 0.364. The van der Waals surface area contributed by atoms with Crippen molar-refractivity contribution in [3.63, 3.8) is 0 Å². The maximum atomic E-state index is 13.8. The third-order valence-electron chi connectivity index (χ3n) is 3.70. The maximum Gasteiger partial charge on any atom is 0.408 e. The number of alkyl carbamates (subject to hydrolysis) is 1. The van der Waals surface area contributed by atoms with Crippen LogP contribution in [0.1, 0.15) is 32.8 Å². The molecule has 1 atom stereocenters. The van der Waals surface area contributed by atoms with Gasteiger partial charge in [0.25, 0.3) is 0 Å². The van der Waals surface area contributed by atoms with Gasteiger partial charge in [0, 0.05) is 10.6 Å². The van der Waals surface area contributed by atoms with E-state index < -0.39 is 23.7 Å². The molecule has 0 aliphatic rings. The predicted octanol–water partition coefficient (Wildman–Crippen LogP) is 4.94. The van der Waals surface area contributed by atoms with Crippen molar-refractivity contribution in [2.45, 2.75) is 50.3 Å². The van der Waals surface area contributed by atoms with E-state index in [1.54, 1.807) is 39.0 Å². The standard InChI is InChI=1S/C22H26FNO4S/c1-22(2,3)28-21(26)24-18(13-14-29-19-12-8-7-11-17(19)23)20(25)27-15-16-9-5-4-6-10-16/h4-12,18H,13-15H2,1-3H3,(H,24,26)/t18-/m0/s1. The van der Waals surface area contributed by atoms with Gasteiger partial charge in [-0.3, -0.25) is 0 Å². The quantitative estimate of drug-likeness (QED) is 0.485. The van der Waals surface area contributed by atoms with Crippen LogP contribution in [0.2, 0.25) is 0 Å². The van der Waals surface area contributed by atoms with Gasteiger partial charge in [-0.15, -0.1) is 11.8 Å². The van der Waals surface area contributed by atoms with Gasteiger partial charge >= 0.3 is 12.1 Å². The highest BCUT2D eigenvalue weighted by Crippen LogP contribution is 2.22. The van der Waals surface area contributed by atoms with Crippen LogP contribution >= 0.6 is 11.8 Å². The van der Waals surface area contributed by atoms with Gasteiger partial charge in [0.1, 0.15) is 24.1 Å². The molecule has 0 radical (unpaired) electrons. The molecule has 5 nitrogen and oxygen atoms in total. The number of carbonyl (C=O) groups is 2. The fourth-order valence-corrected chi connectivity index (χ4v) is 3.33. The molecule has 0 heterocycles. The summed E-state index contributed by atoms with van der Waals surface area (Å²) >= 11 is 1.27. The van der Waals surface area contributed by atoms with Crippen molar-refractivity contribution in [2.24, 2.45) is 0 Å². The number of carbonyl (C=O) groups excluding carboxylic acids is 2. The Morgan fingerprint density at radius 2 is 1.72 bits per heavy atom. The topological polar surface area (TPSA) is 64.6 Å². The summed E-state index contributed by atoms with van der Waals surface area (Å²) < 4.78 is 24.4. The van der Waals surface area contributed by atoms with Crippen LogP contribution in [0.3, 0.4) is 0 Å². The van der Waals surface area contributed by atoms with Crippen molar-refractivity contribution in [1.82, 2.24) is 5.32 Å². The molecule has 29 heavy (non-hydrogen) atoms. The van der Waals surface area contributed by atoms with E-state index >= 15 is 0 Å². The third-order valence-corrected chi connectivity index (χ3v) is 4.78. The second-order valence-electron chi connectivity index (χ2n) is 7.36. The second kappa shape index (κ2) is 10.9. The van der Waals surface area contributed by atoms with Gasteiger partial charge in [-0.05, 0) is 44.9 Å². The van der Waals surface area contributed by atoms with Crippen molar-refractivity contribution < 1.29 is 23.5 Å². The summed E-state index contributed by atoms with van der Waals surface area (Å²) in [6, 6.07) is 14.8. The Morgan fingerprint density at radius 3 is 2.38 bits per heavy atom. The van der Waals surface area contributed by atoms with Crippen LogP contribution in [0, 0.1) is 5.82 Å². The van der Waals surface area contributed by atoms with E-state index in [2.05, 4.69) is 5.32 Å². The Morgan fingerprint density at radius 1 is 1.07 bits per heavy atom. The van der Waals surface area contributed by atoms with E-state index in [9.17, 15) is 14.0 Å². The molecule has 2 aromatic rings. The first-order valence-corrected chi connectivity index (χ1v) is 10.3. The fourth-order valence-electron chi connectivity index (χ4n) is 2.38. The minimum atomic E-state index is -0.896. The van der Waals surface area contributed by atoms with Crippen molar-refractivity contribution in [2.75, 3.05) is 5.75 Å². The molecule has 156 valence electrons. The number of hydrogen-bond acceptors (Lipinski definition) is 5. The molecule has 0 unspecified atom stereocenters. The zero-order valence-corrected chi connectivity index (χ0v) is 17.6. The van der Waals surface area contributed by atoms with Crippen LogP contribution in [0.4, 0.5) is 9.18 Å². The predicted molar refractivity (Wildman–Crippen MR) is 111 cm³/mol. The second-order valence-corrected chi connectivity index (χ2v) is 8.50. The summed E-state index contributed by atoms with van der Waals surface area (Å²) in [6.07, 6.45) is -0.429. The van der Waals surface area contributed by atoms with Gasteiger partial charge in [0.05, 0.1) is 0 Å². The number of ether oxygens (including phenoxy) is 2. The average molecular weight is 420 g/mol. The normalized spacial score (nSPS) is 12.1. The summed E-state index contributed by atoms with van der Waals surface area (Å²) in [5.74, 6) is -0.461. The molecular formula is C22H26FNO4S. The molecule has 0 saturated carbocycles. The summed E-state index contributed by atoms with van der Waals surface area (Å²) in [5, 5.41) is 2.57. The highest BCUT2D eigenvalue weighted by Gasteiger charge is 2.25. The Balaban J connectivity index is 1.96. The minimum Gasteiger partial charge on any atom is -0.459 e. The highest BCUT2D eigenvalue weighted by molar-refractivity contribution is 7.99. The molecule has 7 heteroatoms. The van der Waals surface area contributed by atoms with Crippen molar-refractivity contribution in [3.8, 4) is 0 Å². The van der Waals surface area contributed by atoms with Gasteiger partial charge < -0.3 is 14.8 Å². The SMILES string of the molecule is CC(C)(C)OC(=O)N[C@@H](CCSc1ccccc1F)C(=O)OCc1ccccc1. The van der Waals surface area contributed by atoms with Crippen molar-refractivity contribution in [1.29, 1.82) is 0 Å². The van der Waals surface area contributed by atoms with E-state index in [1.165, 1.54) is 17.8 Å². The molecule has 0 saturated heterocycles. The number of benzene rings is 2. The Kier molecular flexibility index (Phi) is 8.51. The number of thioether (sulfide) groups is 1. The lowest BCUT2D eigenvalue weighted by molar-refractivity contribution is -0.147. The smallest absolute Gasteiger partial charge is 0.408 e. The molecule has 0 spiro atoms. The lowest BCUT2D eigenvalue weighted by atomic mass is 10.2. The first-order chi connectivity index (χ1) is 13.7. The zero-order valence-electron chi connectivity index (χ0n) is 16.8. The highest BCUT2D eigenvalue weighted by atomic mass is 32.2. The number of hydrogen-bond donors (Lipinski definition) is 1. The van der Waals surface area contributed by atoms with Gasteiger partial charge in [-0.1, -0.05) is 42.5 Å². The number of halogens is 1. The lowest BCUT2D eigenvalue weighted by Crippen LogP contribution is -2.44. The third kappa shape index (κ3) is 8.56. The molecule has 2 aromatic carbocycles. The van der Waals surface area contributed by atoms with E-state index in [4.69, 9.17) is 9.47 Å². The van der Waals surface area contributed by atoms with Crippen molar-refractivity contribution in [3.05, 3.63) is 66.0 Å². The van der Waals surface area contributed by atoms with Crippen molar-refractivity contribution >= 4 is 23.8 Å². The molecule has 0 bridgehead atoms. The van der Waals surface area contributed by atoms with Gasteiger partial charge in [0.2, 0.25) is 0 Å². The van der Waals surface area contributed by atoms with E-state index in [0.29, 0.717) is 10.6 Å². The van der Waals surface area contributed by atoms with E-state index in [-0.39, 0.29) is 18.8 Å². The van der Waals surface area contributed by atoms with E-state index in [1.807, 2.05) is 30.3 Å². The molecule has 0 aliphatic carbocycles. The first-order valence-electron chi connectivity index (χ1n) is 9.32. The Hall–Kier alpha value is -2.54. The Labute approximate surface area is 175 Å². The molecule has 1 N–H and O–H groups in total. The summed E-state index contributed by atoms with van der Waals surface area (Å²) in [4.78, 5) is 25.2. The minimum absolute atomic E-state index is 0.104. The number of rotatable bonds is 8. The van der Waals surface area contributed by atoms with Crippen LogP contribution in [-0.2, 0) is 20.9 Å². The molecule has 2 rings (SSSR count). The van der Waals surface area contributed by atoms with Crippen LogP contribution in [0.25, 0.3) is 0 Å². The monoisotopic (exact) mass is 419 g/mol. The summed E-state index contributed by atoms with van der Waals surface area (Å²) in [6.45, 7) is 5.32. The molecule has 0 aliphatic heterocycles. The van der Waals surface area contributed by atoms with Crippen LogP contribution in [0.15, 0.2) is 59.5 Å². The largest absolute Gasteiger partial charge is 0.459 e. The van der Waals surface area contributed by atoms with E-state index in [0.717, 1.165) is 5.56 Å². The zero-order chi connectivity index (χ0) is 21.3. The number of esters is 1. The number of amides is 1. The molecule has 0 fully saturated rings. The number of nitrogens with one attached hydrogen (secondary N) is 1. The van der Waals surface area contributed by atoms with Crippen LogP contribution in [0.5, 0.6) is 0 Å². The maximum absolute atomic E-state index is 13.8. The van der Waals surface area contributed by atoms with Gasteiger partial charge in [-0.2, -0.15) is 0 Å². The molecular weight excluding hydrogens is 393 g/mol. The first kappa shape index (κ1) is 22.7. The van der Waals surface area contributed by atoms with Crippen LogP contribution in [-0.4, -0.2) is 29.5 Å². The molecule has 0 aromatic heterocycles. The van der Waals surface area contributed by atoms with Gasteiger partial charge in [-0.25, -0.2) is 14.0 Å².